The van der Waals surface area contributed by atoms with Crippen molar-refractivity contribution in [2.45, 2.75) is 38.1 Å². The summed E-state index contributed by atoms with van der Waals surface area (Å²) in [6.07, 6.45) is 4.39. The molecule has 0 bridgehead atoms. The van der Waals surface area contributed by atoms with Crippen LogP contribution in [0.25, 0.3) is 0 Å². The Balaban J connectivity index is 1.34. The lowest BCUT2D eigenvalue weighted by Crippen LogP contribution is -2.40. The molecule has 0 radical (unpaired) electrons. The predicted molar refractivity (Wildman–Crippen MR) is 108 cm³/mol. The molecule has 2 atom stereocenters. The molecule has 0 saturated carbocycles. The Morgan fingerprint density at radius 3 is 2.66 bits per heavy atom. The number of hydrogen-bond donors (Lipinski definition) is 2. The summed E-state index contributed by atoms with van der Waals surface area (Å²) in [5.74, 6) is -0.635. The first-order valence-electron chi connectivity index (χ1n) is 10.4. The van der Waals surface area contributed by atoms with E-state index in [1.807, 2.05) is 29.2 Å². The van der Waals surface area contributed by atoms with Crippen LogP contribution in [0.2, 0.25) is 0 Å². The highest BCUT2D eigenvalue weighted by Crippen LogP contribution is 2.25. The fraction of sp³-hybridized carbons (Fsp3) is 0.435. The molecular formula is C23H27F2N3O. The van der Waals surface area contributed by atoms with Gasteiger partial charge in [0.05, 0.1) is 0 Å². The molecule has 2 heterocycles. The zero-order valence-electron chi connectivity index (χ0n) is 16.5. The first-order chi connectivity index (χ1) is 14.1. The van der Waals surface area contributed by atoms with Gasteiger partial charge >= 0.3 is 0 Å². The summed E-state index contributed by atoms with van der Waals surface area (Å²) in [5, 5.41) is 0. The van der Waals surface area contributed by atoms with E-state index in [4.69, 9.17) is 0 Å². The molecule has 154 valence electrons. The third kappa shape index (κ3) is 4.82. The minimum absolute atomic E-state index is 0.0618. The molecule has 2 aromatic rings. The molecule has 4 rings (SSSR count). The summed E-state index contributed by atoms with van der Waals surface area (Å²) in [7, 11) is 0. The molecule has 0 aromatic heterocycles. The van der Waals surface area contributed by atoms with Crippen molar-refractivity contribution in [1.82, 2.24) is 15.8 Å². The normalized spacial score (nSPS) is 22.1. The Hall–Kier alpha value is -2.31. The number of nitrogens with one attached hydrogen (secondary N) is 2. The van der Waals surface area contributed by atoms with Gasteiger partial charge in [-0.15, -0.1) is 0 Å². The van der Waals surface area contributed by atoms with Crippen LogP contribution in [0.3, 0.4) is 0 Å². The quantitative estimate of drug-likeness (QED) is 0.799. The van der Waals surface area contributed by atoms with E-state index < -0.39 is 11.6 Å². The summed E-state index contributed by atoms with van der Waals surface area (Å²) in [6.45, 7) is 2.40. The zero-order chi connectivity index (χ0) is 20.2. The van der Waals surface area contributed by atoms with Crippen LogP contribution in [-0.2, 0) is 6.42 Å². The molecule has 2 N–H and O–H groups in total. The van der Waals surface area contributed by atoms with Gasteiger partial charge in [-0.3, -0.25) is 15.6 Å². The van der Waals surface area contributed by atoms with Crippen LogP contribution in [0.4, 0.5) is 8.78 Å². The molecular weight excluding hydrogens is 372 g/mol. The van der Waals surface area contributed by atoms with E-state index in [9.17, 15) is 13.6 Å². The number of likely N-dealkylation sites (tertiary alicyclic amines) is 1. The van der Waals surface area contributed by atoms with Crippen molar-refractivity contribution in [1.29, 1.82) is 0 Å². The van der Waals surface area contributed by atoms with E-state index in [-0.39, 0.29) is 5.91 Å². The monoisotopic (exact) mass is 399 g/mol. The molecule has 2 aliphatic heterocycles. The van der Waals surface area contributed by atoms with Gasteiger partial charge in [0.1, 0.15) is 11.6 Å². The Morgan fingerprint density at radius 2 is 1.93 bits per heavy atom. The molecule has 2 aliphatic rings. The van der Waals surface area contributed by atoms with Crippen LogP contribution in [0.5, 0.6) is 0 Å². The number of piperidine rings is 1. The fourth-order valence-electron chi connectivity index (χ4n) is 4.34. The van der Waals surface area contributed by atoms with Gasteiger partial charge in [-0.05, 0) is 67.3 Å². The summed E-state index contributed by atoms with van der Waals surface area (Å²) in [5.41, 5.74) is 8.80. The molecule has 0 aliphatic carbocycles. The fourth-order valence-corrected chi connectivity index (χ4v) is 4.34. The Kier molecular flexibility index (Phi) is 6.21. The molecule has 6 heteroatoms. The molecule has 2 fully saturated rings. The summed E-state index contributed by atoms with van der Waals surface area (Å²) < 4.78 is 26.9. The smallest absolute Gasteiger partial charge is 0.253 e. The minimum atomic E-state index is -0.549. The SMILES string of the molecule is O=C(c1ccc(C2CCNN2)cc1)N1CCCC(CCc2ccc(F)cc2F)C1. The van der Waals surface area contributed by atoms with Crippen molar-refractivity contribution in [3.63, 3.8) is 0 Å². The average molecular weight is 399 g/mol. The number of amides is 1. The number of benzene rings is 2. The second kappa shape index (κ2) is 9.01. The van der Waals surface area contributed by atoms with E-state index in [1.54, 1.807) is 0 Å². The lowest BCUT2D eigenvalue weighted by Gasteiger charge is -2.33. The van der Waals surface area contributed by atoms with Gasteiger partial charge in [0.25, 0.3) is 5.91 Å². The van der Waals surface area contributed by atoms with Gasteiger partial charge < -0.3 is 4.90 Å². The average Bonchev–Trinajstić information content (AvgIpc) is 3.28. The molecule has 29 heavy (non-hydrogen) atoms. The van der Waals surface area contributed by atoms with E-state index in [0.717, 1.165) is 44.8 Å². The maximum atomic E-state index is 13.9. The van der Waals surface area contributed by atoms with E-state index in [1.165, 1.54) is 17.7 Å². The van der Waals surface area contributed by atoms with E-state index in [0.29, 0.717) is 36.1 Å². The number of aryl methyl sites for hydroxylation is 1. The molecule has 2 aromatic carbocycles. The van der Waals surface area contributed by atoms with E-state index in [2.05, 4.69) is 10.9 Å². The molecule has 4 nitrogen and oxygen atoms in total. The first-order valence-corrected chi connectivity index (χ1v) is 10.4. The number of carbonyl (C=O) groups is 1. The van der Waals surface area contributed by atoms with Crippen LogP contribution < -0.4 is 10.9 Å². The van der Waals surface area contributed by atoms with E-state index >= 15 is 0 Å². The minimum Gasteiger partial charge on any atom is -0.338 e. The van der Waals surface area contributed by atoms with Gasteiger partial charge in [-0.1, -0.05) is 18.2 Å². The summed E-state index contributed by atoms with van der Waals surface area (Å²) in [4.78, 5) is 14.9. The largest absolute Gasteiger partial charge is 0.338 e. The zero-order valence-corrected chi connectivity index (χ0v) is 16.5. The van der Waals surface area contributed by atoms with Crippen LogP contribution in [0.15, 0.2) is 42.5 Å². The van der Waals surface area contributed by atoms with Crippen LogP contribution in [-0.4, -0.2) is 30.4 Å². The number of carbonyl (C=O) groups excluding carboxylic acids is 1. The highest BCUT2D eigenvalue weighted by atomic mass is 19.1. The van der Waals surface area contributed by atoms with Crippen molar-refractivity contribution >= 4 is 5.91 Å². The second-order valence-corrected chi connectivity index (χ2v) is 8.07. The van der Waals surface area contributed by atoms with Crippen molar-refractivity contribution in [2.24, 2.45) is 5.92 Å². The van der Waals surface area contributed by atoms with Crippen molar-refractivity contribution in [2.75, 3.05) is 19.6 Å². The second-order valence-electron chi connectivity index (χ2n) is 8.07. The Bertz CT molecular complexity index is 850. The van der Waals surface area contributed by atoms with Crippen LogP contribution >= 0.6 is 0 Å². The van der Waals surface area contributed by atoms with Crippen LogP contribution in [0, 0.1) is 17.6 Å². The topological polar surface area (TPSA) is 44.4 Å². The van der Waals surface area contributed by atoms with Gasteiger partial charge in [0.15, 0.2) is 0 Å². The lowest BCUT2D eigenvalue weighted by atomic mass is 9.91. The number of hydrogen-bond acceptors (Lipinski definition) is 3. The first kappa shape index (κ1) is 20.0. The molecule has 2 saturated heterocycles. The van der Waals surface area contributed by atoms with Gasteiger partial charge in [-0.2, -0.15) is 0 Å². The Labute approximate surface area is 170 Å². The third-order valence-electron chi connectivity index (χ3n) is 6.04. The summed E-state index contributed by atoms with van der Waals surface area (Å²) in [6, 6.07) is 11.9. The molecule has 2 unspecified atom stereocenters. The van der Waals surface area contributed by atoms with Crippen molar-refractivity contribution in [3.05, 3.63) is 70.8 Å². The van der Waals surface area contributed by atoms with Crippen molar-refractivity contribution in [3.8, 4) is 0 Å². The highest BCUT2D eigenvalue weighted by molar-refractivity contribution is 5.94. The lowest BCUT2D eigenvalue weighted by molar-refractivity contribution is 0.0668. The van der Waals surface area contributed by atoms with Crippen LogP contribution in [0.1, 0.15) is 53.2 Å². The maximum absolute atomic E-state index is 13.9. The number of rotatable bonds is 5. The number of halogens is 2. The highest BCUT2D eigenvalue weighted by Gasteiger charge is 2.25. The van der Waals surface area contributed by atoms with Gasteiger partial charge in [0, 0.05) is 37.3 Å². The standard InChI is InChI=1S/C23H27F2N3O/c24-20-10-9-17(21(25)14-20)4-3-16-2-1-13-28(15-16)23(29)19-7-5-18(6-8-19)22-11-12-26-27-22/h5-10,14,16,22,26-27H,1-4,11-13,15H2. The third-order valence-corrected chi connectivity index (χ3v) is 6.04. The predicted octanol–water partition coefficient (Wildman–Crippen LogP) is 3.99. The van der Waals surface area contributed by atoms with Crippen molar-refractivity contribution < 1.29 is 13.6 Å². The molecule has 0 spiro atoms. The van der Waals surface area contributed by atoms with Gasteiger partial charge in [0.2, 0.25) is 0 Å². The number of nitrogens with zero attached hydrogens (tertiary/aromatic N) is 1. The molecule has 1 amide bonds. The number of hydrazine groups is 1. The Morgan fingerprint density at radius 1 is 1.10 bits per heavy atom. The summed E-state index contributed by atoms with van der Waals surface area (Å²) >= 11 is 0. The maximum Gasteiger partial charge on any atom is 0.253 e. The van der Waals surface area contributed by atoms with Gasteiger partial charge in [-0.25, -0.2) is 8.78 Å².